The number of anilines is 3. The molecule has 5 aromatic rings. The number of aryl methyl sites for hydroxylation is 2. The van der Waals surface area contributed by atoms with E-state index in [1.54, 1.807) is 10.7 Å². The summed E-state index contributed by atoms with van der Waals surface area (Å²) in [7, 11) is 0. The summed E-state index contributed by atoms with van der Waals surface area (Å²) in [4.78, 5) is 13.5. The Morgan fingerprint density at radius 2 is 1.57 bits per heavy atom. The van der Waals surface area contributed by atoms with Crippen LogP contribution < -0.4 is 21.1 Å². The molecule has 0 saturated carbocycles. The average molecular weight is 818 g/mol. The zero-order valence-electron chi connectivity index (χ0n) is 35.1. The number of nitrogens with zero attached hydrogens (tertiary/aromatic N) is 7. The normalized spacial score (nSPS) is 12.2. The molecule has 0 spiro atoms. The summed E-state index contributed by atoms with van der Waals surface area (Å²) in [6, 6.07) is 22.5. The summed E-state index contributed by atoms with van der Waals surface area (Å²) >= 11 is 6.02. The Bertz CT molecular complexity index is 2370. The summed E-state index contributed by atoms with van der Waals surface area (Å²) < 4.78 is 12.4. The maximum absolute atomic E-state index is 9.19. The molecule has 0 aliphatic carbocycles. The summed E-state index contributed by atoms with van der Waals surface area (Å²) in [6.07, 6.45) is 5.01. The topological polar surface area (TPSA) is 146 Å². The van der Waals surface area contributed by atoms with Crippen molar-refractivity contribution < 1.29 is 14.1 Å². The van der Waals surface area contributed by atoms with Gasteiger partial charge in [-0.2, -0.15) is 10.5 Å². The van der Waals surface area contributed by atoms with Gasteiger partial charge in [0.05, 0.1) is 25.0 Å². The van der Waals surface area contributed by atoms with Crippen molar-refractivity contribution in [2.45, 2.75) is 104 Å². The van der Waals surface area contributed by atoms with Crippen LogP contribution in [0.5, 0.6) is 0 Å². The molecule has 0 radical (unpaired) electrons. The van der Waals surface area contributed by atoms with Gasteiger partial charge in [-0.05, 0) is 36.3 Å². The predicted molar refractivity (Wildman–Crippen MR) is 236 cm³/mol. The summed E-state index contributed by atoms with van der Waals surface area (Å²) in [5.74, 6) is 0.435. The molecule has 15 heteroatoms. The van der Waals surface area contributed by atoms with Gasteiger partial charge in [-0.3, -0.25) is 0 Å². The molecule has 2 aromatic heterocycles. The number of nitrogens with one attached hydrogen (secondary N) is 2. The van der Waals surface area contributed by atoms with E-state index >= 15 is 0 Å². The van der Waals surface area contributed by atoms with E-state index in [4.69, 9.17) is 41.3 Å². The number of aromatic nitrogens is 4. The van der Waals surface area contributed by atoms with Crippen LogP contribution in [-0.2, 0) is 24.9 Å². The second kappa shape index (κ2) is 18.7. The Morgan fingerprint density at radius 3 is 2.19 bits per heavy atom. The zero-order valence-corrected chi connectivity index (χ0v) is 36.7. The Kier molecular flexibility index (Phi) is 14.2. The van der Waals surface area contributed by atoms with Crippen LogP contribution >= 0.6 is 24.1 Å². The van der Waals surface area contributed by atoms with E-state index in [2.05, 4.69) is 127 Å². The molecule has 2 N–H and O–H groups in total. The standard InChI is InChI=1S/C43H52BN9O3S2/c1-28-13-15-32(43(9,10)27-41(3,4)5)25-37(28)58-56-55-51-34-23-31(22-33(26-34)50-54-44-57)39-47-40-36(38(42(6,7)8)48-53(40)49-39)24-30-14-16-35(21-29(30)2)52(19-11-17-45)20-12-18-46/h13-16,21-26,50-51H,11-12,19-20,27H2,1-10H3/b36-24-. The van der Waals surface area contributed by atoms with E-state index in [0.29, 0.717) is 54.3 Å². The number of hydrogen-bond donors (Lipinski definition) is 2. The minimum atomic E-state index is -0.301. The third-order valence-corrected chi connectivity index (χ3v) is 10.4. The molecule has 0 aliphatic rings. The predicted octanol–water partition coefficient (Wildman–Crippen LogP) is 9.66. The van der Waals surface area contributed by atoms with Crippen LogP contribution in [0.1, 0.15) is 103 Å². The maximum atomic E-state index is 9.19. The van der Waals surface area contributed by atoms with Gasteiger partial charge in [0.15, 0.2) is 0 Å². The second-order valence-electron chi connectivity index (χ2n) is 17.3. The molecule has 58 heavy (non-hydrogen) atoms. The Morgan fingerprint density at radius 1 is 0.879 bits per heavy atom. The molecule has 0 bridgehead atoms. The fraction of sp³-hybridized carbons (Fsp3) is 0.419. The van der Waals surface area contributed by atoms with E-state index in [1.807, 2.05) is 25.1 Å². The summed E-state index contributed by atoms with van der Waals surface area (Å²) in [5, 5.41) is 29.0. The number of fused-ring (bicyclic) bond motifs is 1. The third kappa shape index (κ3) is 11.3. The zero-order chi connectivity index (χ0) is 42.3. The first kappa shape index (κ1) is 44.1. The number of rotatable bonds is 17. The number of benzene rings is 3. The molecule has 0 saturated heterocycles. The molecule has 0 atom stereocenters. The van der Waals surface area contributed by atoms with E-state index in [9.17, 15) is 10.5 Å². The fourth-order valence-corrected chi connectivity index (χ4v) is 7.71. The minimum absolute atomic E-state index is 0.0157. The van der Waals surface area contributed by atoms with Gasteiger partial charge < -0.3 is 4.90 Å². The van der Waals surface area contributed by atoms with Crippen LogP contribution in [0.25, 0.3) is 23.1 Å². The van der Waals surface area contributed by atoms with Gasteiger partial charge in [-0.1, -0.05) is 40.7 Å². The van der Waals surface area contributed by atoms with Crippen molar-refractivity contribution in [1.29, 1.82) is 10.5 Å². The molecule has 12 nitrogen and oxygen atoms in total. The van der Waals surface area contributed by atoms with Crippen molar-refractivity contribution in [3.05, 3.63) is 87.8 Å². The quantitative estimate of drug-likeness (QED) is 0.0302. The first-order chi connectivity index (χ1) is 27.4. The Labute approximate surface area is 352 Å². The first-order valence-electron chi connectivity index (χ1n) is 19.2. The van der Waals surface area contributed by atoms with Crippen LogP contribution in [0.15, 0.2) is 59.5 Å². The molecule has 0 unspecified atom stereocenters. The monoisotopic (exact) mass is 817 g/mol. The van der Waals surface area contributed by atoms with E-state index in [1.165, 1.54) is 5.56 Å². The third-order valence-electron chi connectivity index (χ3n) is 9.57. The first-order valence-corrected chi connectivity index (χ1v) is 20.4. The van der Waals surface area contributed by atoms with Crippen molar-refractivity contribution in [2.24, 2.45) is 5.41 Å². The van der Waals surface area contributed by atoms with Crippen LogP contribution in [-0.4, -0.2) is 39.3 Å². The van der Waals surface area contributed by atoms with E-state index < -0.39 is 0 Å². The molecular weight excluding hydrogens is 765 g/mol. The number of nitriles is 2. The Balaban J connectivity index is 1.43. The molecular formula is C43H52BN9O3S2. The van der Waals surface area contributed by atoms with Crippen LogP contribution in [0.2, 0.25) is 0 Å². The SMILES string of the molecule is Cc1cc(N(CCC#N)CCC#N)ccc1/C=c1/c(C(C)(C)C)nn2nc(-c3cc(NOB=S)cc(NOOSc4cc(C(C)(C)CC(C)(C)C)ccc4C)c3)nc12. The van der Waals surface area contributed by atoms with Gasteiger partial charge in [0.1, 0.15) is 0 Å². The molecule has 0 aliphatic heterocycles. The van der Waals surface area contributed by atoms with Gasteiger partial charge in [0.25, 0.3) is 0 Å². The van der Waals surface area contributed by atoms with Crippen molar-refractivity contribution in [3.63, 3.8) is 0 Å². The molecule has 0 fully saturated rings. The van der Waals surface area contributed by atoms with Gasteiger partial charge in [0.2, 0.25) is 0 Å². The summed E-state index contributed by atoms with van der Waals surface area (Å²) in [5.41, 5.74) is 14.1. The Hall–Kier alpha value is -5.06. The van der Waals surface area contributed by atoms with Crippen LogP contribution in [0.4, 0.5) is 17.1 Å². The second-order valence-corrected chi connectivity index (χ2v) is 18.2. The van der Waals surface area contributed by atoms with Crippen molar-refractivity contribution in [1.82, 2.24) is 19.8 Å². The summed E-state index contributed by atoms with van der Waals surface area (Å²) in [6.45, 7) is 22.9. The van der Waals surface area contributed by atoms with Crippen molar-refractivity contribution >= 4 is 59.2 Å². The molecule has 302 valence electrons. The fourth-order valence-electron chi connectivity index (χ4n) is 7.14. The van der Waals surface area contributed by atoms with Crippen LogP contribution in [0, 0.1) is 41.9 Å². The molecule has 2 heterocycles. The molecule has 3 aromatic carbocycles. The van der Waals surface area contributed by atoms with Gasteiger partial charge in [0, 0.05) is 18.8 Å². The molecule has 0 amide bonds. The van der Waals surface area contributed by atoms with Crippen molar-refractivity contribution in [3.8, 4) is 23.5 Å². The van der Waals surface area contributed by atoms with E-state index in [-0.39, 0.29) is 16.2 Å². The molecule has 5 rings (SSSR count). The van der Waals surface area contributed by atoms with Gasteiger partial charge in [-0.15, -0.1) is 0 Å². The van der Waals surface area contributed by atoms with Gasteiger partial charge in [-0.25, -0.2) is 0 Å². The van der Waals surface area contributed by atoms with E-state index in [0.717, 1.165) is 63.0 Å². The van der Waals surface area contributed by atoms with Crippen LogP contribution in [0.3, 0.4) is 0 Å². The number of hydrogen-bond acceptors (Lipinski definition) is 13. The van der Waals surface area contributed by atoms with Gasteiger partial charge >= 0.3 is 217 Å². The van der Waals surface area contributed by atoms with Crippen molar-refractivity contribution in [2.75, 3.05) is 28.9 Å². The average Bonchev–Trinajstić information content (AvgIpc) is 3.72.